The zero-order valence-electron chi connectivity index (χ0n) is 28.6. The van der Waals surface area contributed by atoms with E-state index in [0.29, 0.717) is 30.1 Å². The van der Waals surface area contributed by atoms with Gasteiger partial charge in [0, 0.05) is 5.92 Å². The lowest BCUT2D eigenvalue weighted by Crippen LogP contribution is -2.34. The number of nitrogens with one attached hydrogen (secondary N) is 1. The van der Waals surface area contributed by atoms with E-state index in [2.05, 4.69) is 118 Å². The Hall–Kier alpha value is -2.43. The number of ether oxygens (including phenoxy) is 2. The van der Waals surface area contributed by atoms with Gasteiger partial charge in [-0.2, -0.15) is 15.0 Å². The summed E-state index contributed by atoms with van der Waals surface area (Å²) in [6.45, 7) is 28.1. The minimum Gasteiger partial charge on any atom is -0.518 e. The zero-order chi connectivity index (χ0) is 32.7. The first-order valence-electron chi connectivity index (χ1n) is 15.5. The molecule has 2 aliphatic heterocycles. The highest BCUT2D eigenvalue weighted by Gasteiger charge is 2.39. The highest BCUT2D eigenvalue weighted by molar-refractivity contribution is 6.79. The fraction of sp³-hybridized carbons (Fsp3) is 0.793. The normalized spacial score (nSPS) is 28.8. The van der Waals surface area contributed by atoms with Crippen LogP contribution in [0.15, 0.2) is 17.4 Å². The zero-order valence-corrected chi connectivity index (χ0v) is 30.6. The summed E-state index contributed by atoms with van der Waals surface area (Å²) in [6.07, 6.45) is 5.89. The molecule has 0 aromatic carbocycles. The quantitative estimate of drug-likeness (QED) is 0.366. The van der Waals surface area contributed by atoms with Crippen molar-refractivity contribution in [2.45, 2.75) is 125 Å². The molecule has 0 aliphatic carbocycles. The van der Waals surface area contributed by atoms with Gasteiger partial charge in [-0.3, -0.25) is 4.57 Å². The molecule has 244 valence electrons. The van der Waals surface area contributed by atoms with Crippen molar-refractivity contribution < 1.29 is 13.9 Å². The predicted molar refractivity (Wildman–Crippen MR) is 177 cm³/mol. The maximum atomic E-state index is 11.7. The number of nitrogens with two attached hydrogens (primary N) is 1. The van der Waals surface area contributed by atoms with Crippen molar-refractivity contribution in [1.29, 1.82) is 0 Å². The SMILES string of the molecule is CC[C@H]1O[C@@H](C)C(C)[C@H]1C.CC[C@H]1O[C@@H](n2cnc(N)nc2=O)C(C)[C@H]1C.C[Si](C)(C)Nc1ncnc(O[Si](C)(C)C)n1. The highest BCUT2D eigenvalue weighted by Crippen LogP contribution is 2.39. The first-order valence-corrected chi connectivity index (χ1v) is 22.4. The largest absolute Gasteiger partial charge is 0.518 e. The third kappa shape index (κ3) is 11.2. The number of hydrogen-bond donors (Lipinski definition) is 2. The third-order valence-corrected chi connectivity index (χ3v) is 9.75. The molecule has 2 aliphatic rings. The van der Waals surface area contributed by atoms with Gasteiger partial charge >= 0.3 is 11.7 Å². The summed E-state index contributed by atoms with van der Waals surface area (Å²) in [7, 11) is -3.08. The fourth-order valence-corrected chi connectivity index (χ4v) is 6.54. The Kier molecular flexibility index (Phi) is 13.3. The second-order valence-corrected chi connectivity index (χ2v) is 23.0. The van der Waals surface area contributed by atoms with E-state index in [9.17, 15) is 4.79 Å². The topological polar surface area (TPSA) is 152 Å². The number of rotatable bonds is 7. The van der Waals surface area contributed by atoms with E-state index in [0.717, 1.165) is 24.7 Å². The van der Waals surface area contributed by atoms with Gasteiger partial charge in [0.05, 0.1) is 18.3 Å². The smallest absolute Gasteiger partial charge is 0.354 e. The Bertz CT molecular complexity index is 1170. The van der Waals surface area contributed by atoms with Gasteiger partial charge in [0.1, 0.15) is 27.1 Å². The van der Waals surface area contributed by atoms with Gasteiger partial charge in [-0.05, 0) is 57.2 Å². The van der Waals surface area contributed by atoms with Crippen molar-refractivity contribution in [2.75, 3.05) is 10.7 Å². The van der Waals surface area contributed by atoms with Crippen molar-refractivity contribution in [1.82, 2.24) is 29.5 Å². The van der Waals surface area contributed by atoms with Crippen LogP contribution in [0.5, 0.6) is 6.01 Å². The number of nitrogens with zero attached hydrogens (tertiary/aromatic N) is 6. The Balaban J connectivity index is 0.000000233. The minimum atomic E-state index is -1.65. The maximum absolute atomic E-state index is 11.7. The third-order valence-electron chi connectivity index (χ3n) is 7.98. The first-order chi connectivity index (χ1) is 19.9. The second kappa shape index (κ2) is 15.5. The predicted octanol–water partition coefficient (Wildman–Crippen LogP) is 5.59. The molecule has 4 heterocycles. The van der Waals surface area contributed by atoms with Crippen molar-refractivity contribution >= 4 is 28.4 Å². The van der Waals surface area contributed by atoms with E-state index < -0.39 is 22.2 Å². The van der Waals surface area contributed by atoms with E-state index in [1.807, 2.05) is 0 Å². The first kappa shape index (κ1) is 36.8. The van der Waals surface area contributed by atoms with E-state index in [-0.39, 0.29) is 24.2 Å². The van der Waals surface area contributed by atoms with Gasteiger partial charge in [0.15, 0.2) is 0 Å². The molecular formula is C29H56N8O4Si2. The van der Waals surface area contributed by atoms with Gasteiger partial charge < -0.3 is 24.6 Å². The van der Waals surface area contributed by atoms with Crippen LogP contribution in [-0.4, -0.2) is 64.4 Å². The molecule has 4 rings (SSSR count). The summed E-state index contributed by atoms with van der Waals surface area (Å²) < 4.78 is 18.8. The van der Waals surface area contributed by atoms with Crippen LogP contribution in [0.2, 0.25) is 39.3 Å². The lowest BCUT2D eigenvalue weighted by molar-refractivity contribution is -0.0174. The molecule has 12 nitrogen and oxygen atoms in total. The molecule has 0 bridgehead atoms. The standard InChI is InChI=1S/C11H18N4O2.C9H20N4OSi2.C9H18O/c1-4-8-6(2)7(3)9(17-8)15-5-13-10(12)14-11(15)16;1-15(2,3)13-8-10-7-11-9(12-8)14-16(4,5)6;1-5-9-7(3)6(2)8(4)10-9/h5-9H,4H2,1-3H3,(H2,12,14,16);7H,1-6H3,(H,10,11,12,13);6-9H,5H2,1-4H3/t6-,7?,8-,9-;;6?,7-,8+,9-/m1.1/s1. The molecule has 3 N–H and O–H groups in total. The summed E-state index contributed by atoms with van der Waals surface area (Å²) in [5, 5.41) is 0. The molecule has 0 saturated carbocycles. The monoisotopic (exact) mass is 636 g/mol. The van der Waals surface area contributed by atoms with Crippen LogP contribution in [0, 0.1) is 23.7 Å². The molecule has 0 amide bonds. The Morgan fingerprint density at radius 1 is 0.860 bits per heavy atom. The van der Waals surface area contributed by atoms with Crippen LogP contribution in [0.3, 0.4) is 0 Å². The molecule has 14 heteroatoms. The number of nitrogen functional groups attached to an aromatic ring is 1. The van der Waals surface area contributed by atoms with E-state index in [4.69, 9.17) is 19.6 Å². The van der Waals surface area contributed by atoms with Crippen LogP contribution in [-0.2, 0) is 9.47 Å². The van der Waals surface area contributed by atoms with Crippen molar-refractivity contribution in [3.05, 3.63) is 23.1 Å². The van der Waals surface area contributed by atoms with Crippen LogP contribution in [0.1, 0.15) is 67.5 Å². The molecule has 0 radical (unpaired) electrons. The van der Waals surface area contributed by atoms with Crippen LogP contribution in [0.25, 0.3) is 0 Å². The molecule has 8 atom stereocenters. The average Bonchev–Trinajstić information content (AvgIpc) is 3.32. The van der Waals surface area contributed by atoms with Gasteiger partial charge in [0.25, 0.3) is 0 Å². The molecule has 2 aromatic rings. The van der Waals surface area contributed by atoms with Gasteiger partial charge in [0.2, 0.25) is 20.2 Å². The van der Waals surface area contributed by atoms with E-state index >= 15 is 0 Å². The van der Waals surface area contributed by atoms with Gasteiger partial charge in [-0.15, -0.1) is 0 Å². The number of aromatic nitrogens is 6. The summed E-state index contributed by atoms with van der Waals surface area (Å²) in [5.41, 5.74) is 4.96. The van der Waals surface area contributed by atoms with Gasteiger partial charge in [-0.25, -0.2) is 14.8 Å². The molecular weight excluding hydrogens is 581 g/mol. The second-order valence-electron chi connectivity index (χ2n) is 13.8. The Morgan fingerprint density at radius 3 is 1.88 bits per heavy atom. The molecule has 2 aromatic heterocycles. The average molecular weight is 637 g/mol. The van der Waals surface area contributed by atoms with Crippen LogP contribution < -0.4 is 20.8 Å². The van der Waals surface area contributed by atoms with Crippen molar-refractivity contribution in [3.8, 4) is 6.01 Å². The van der Waals surface area contributed by atoms with Gasteiger partial charge in [-0.1, -0.05) is 61.2 Å². The summed E-state index contributed by atoms with van der Waals surface area (Å²) in [5.74, 6) is 2.77. The summed E-state index contributed by atoms with van der Waals surface area (Å²) in [6, 6.07) is 0.426. The number of anilines is 2. The molecule has 2 unspecified atom stereocenters. The molecule has 0 spiro atoms. The fourth-order valence-electron chi connectivity index (χ4n) is 5.10. The van der Waals surface area contributed by atoms with Crippen molar-refractivity contribution in [2.24, 2.45) is 23.7 Å². The van der Waals surface area contributed by atoms with E-state index in [1.165, 1.54) is 17.2 Å². The van der Waals surface area contributed by atoms with Crippen LogP contribution >= 0.6 is 0 Å². The van der Waals surface area contributed by atoms with E-state index in [1.54, 1.807) is 0 Å². The number of hydrogen-bond acceptors (Lipinski definition) is 11. The lowest BCUT2D eigenvalue weighted by Gasteiger charge is -2.20. The Morgan fingerprint density at radius 2 is 1.44 bits per heavy atom. The molecule has 43 heavy (non-hydrogen) atoms. The van der Waals surface area contributed by atoms with Crippen molar-refractivity contribution in [3.63, 3.8) is 0 Å². The van der Waals surface area contributed by atoms with Crippen LogP contribution in [0.4, 0.5) is 11.9 Å². The summed E-state index contributed by atoms with van der Waals surface area (Å²) in [4.78, 5) is 34.9. The molecule has 2 saturated heterocycles. The maximum Gasteiger partial charge on any atom is 0.354 e. The Labute approximate surface area is 260 Å². The minimum absolute atomic E-state index is 0.00279. The summed E-state index contributed by atoms with van der Waals surface area (Å²) >= 11 is 0. The molecule has 2 fully saturated rings. The highest BCUT2D eigenvalue weighted by atomic mass is 28.4. The lowest BCUT2D eigenvalue weighted by atomic mass is 9.90.